The lowest BCUT2D eigenvalue weighted by Crippen LogP contribution is -2.49. The number of rotatable bonds is 6. The molecule has 0 aliphatic carbocycles. The van der Waals surface area contributed by atoms with Crippen LogP contribution in [0.4, 0.5) is 5.82 Å². The summed E-state index contributed by atoms with van der Waals surface area (Å²) >= 11 is 0. The zero-order valence-electron chi connectivity index (χ0n) is 18.5. The number of amides is 3. The summed E-state index contributed by atoms with van der Waals surface area (Å²) in [6, 6.07) is 10.5. The van der Waals surface area contributed by atoms with Crippen molar-refractivity contribution in [1.29, 1.82) is 0 Å². The average Bonchev–Trinajstić information content (AvgIpc) is 3.16. The van der Waals surface area contributed by atoms with Crippen LogP contribution in [0.25, 0.3) is 0 Å². The number of hydrogen-bond acceptors (Lipinski definition) is 7. The number of aromatic nitrogens is 1. The average molecular weight is 450 g/mol. The van der Waals surface area contributed by atoms with Gasteiger partial charge in [-0.15, -0.1) is 0 Å². The van der Waals surface area contributed by atoms with Gasteiger partial charge in [0.2, 0.25) is 11.8 Å². The fraction of sp³-hybridized carbons (Fsp3) is 0.375. The highest BCUT2D eigenvalue weighted by Crippen LogP contribution is 2.18. The second-order valence-electron chi connectivity index (χ2n) is 7.98. The third-order valence-corrected chi connectivity index (χ3v) is 5.85. The first kappa shape index (κ1) is 22.4. The van der Waals surface area contributed by atoms with Crippen molar-refractivity contribution in [3.05, 3.63) is 59.3 Å². The molecule has 2 saturated heterocycles. The summed E-state index contributed by atoms with van der Waals surface area (Å²) in [5.41, 5.74) is 1.80. The van der Waals surface area contributed by atoms with Gasteiger partial charge in [-0.25, -0.2) is 9.78 Å². The molecule has 0 saturated carbocycles. The van der Waals surface area contributed by atoms with Gasteiger partial charge in [-0.3, -0.25) is 19.3 Å². The monoisotopic (exact) mass is 450 g/mol. The maximum Gasteiger partial charge on any atom is 0.339 e. The summed E-state index contributed by atoms with van der Waals surface area (Å²) in [4.78, 5) is 57.8. The Labute approximate surface area is 191 Å². The van der Waals surface area contributed by atoms with Gasteiger partial charge < -0.3 is 14.5 Å². The van der Waals surface area contributed by atoms with E-state index in [9.17, 15) is 19.2 Å². The van der Waals surface area contributed by atoms with Gasteiger partial charge in [0.1, 0.15) is 5.82 Å². The fourth-order valence-electron chi connectivity index (χ4n) is 3.96. The lowest BCUT2D eigenvalue weighted by atomic mass is 10.1. The number of piperazine rings is 1. The van der Waals surface area contributed by atoms with Gasteiger partial charge in [-0.05, 0) is 36.8 Å². The van der Waals surface area contributed by atoms with E-state index >= 15 is 0 Å². The molecule has 4 rings (SSSR count). The number of carbonyl (C=O) groups excluding carboxylic acids is 4. The fourth-order valence-corrected chi connectivity index (χ4v) is 3.96. The molecule has 0 bridgehead atoms. The van der Waals surface area contributed by atoms with Crippen LogP contribution in [-0.4, -0.2) is 71.3 Å². The first-order valence-electron chi connectivity index (χ1n) is 11.1. The number of anilines is 1. The van der Waals surface area contributed by atoms with Crippen molar-refractivity contribution in [3.63, 3.8) is 0 Å². The number of pyridine rings is 1. The third kappa shape index (κ3) is 5.02. The lowest BCUT2D eigenvalue weighted by molar-refractivity contribution is -0.139. The van der Waals surface area contributed by atoms with Gasteiger partial charge in [0.05, 0.1) is 18.7 Å². The maximum absolute atomic E-state index is 12.9. The Hall–Kier alpha value is -3.75. The highest BCUT2D eigenvalue weighted by atomic mass is 16.5. The first-order valence-corrected chi connectivity index (χ1v) is 11.1. The SMILES string of the molecule is CCOC(=O)c1ccc(N2CCN(C(=O)c3ccc(CN4C(=O)CCC4=O)cc3)CC2)nc1. The van der Waals surface area contributed by atoms with Crippen molar-refractivity contribution in [2.45, 2.75) is 26.3 Å². The van der Waals surface area contributed by atoms with E-state index in [0.717, 1.165) is 11.4 Å². The summed E-state index contributed by atoms with van der Waals surface area (Å²) in [7, 11) is 0. The van der Waals surface area contributed by atoms with E-state index < -0.39 is 5.97 Å². The van der Waals surface area contributed by atoms with Crippen LogP contribution in [0.2, 0.25) is 0 Å². The number of benzene rings is 1. The van der Waals surface area contributed by atoms with E-state index in [4.69, 9.17) is 4.74 Å². The number of hydrogen-bond donors (Lipinski definition) is 0. The Kier molecular flexibility index (Phi) is 6.67. The van der Waals surface area contributed by atoms with E-state index in [1.807, 2.05) is 0 Å². The van der Waals surface area contributed by atoms with Crippen LogP contribution in [0.5, 0.6) is 0 Å². The molecule has 0 radical (unpaired) electrons. The van der Waals surface area contributed by atoms with Crippen LogP contribution in [-0.2, 0) is 20.9 Å². The topological polar surface area (TPSA) is 100 Å². The molecule has 2 fully saturated rings. The quantitative estimate of drug-likeness (QED) is 0.489. The highest BCUT2D eigenvalue weighted by molar-refractivity contribution is 6.01. The van der Waals surface area contributed by atoms with E-state index in [1.165, 1.54) is 11.1 Å². The van der Waals surface area contributed by atoms with Gasteiger partial charge in [0.15, 0.2) is 0 Å². The second kappa shape index (κ2) is 9.81. The number of carbonyl (C=O) groups is 4. The predicted octanol–water partition coefficient (Wildman–Crippen LogP) is 1.87. The standard InChI is InChI=1S/C24H26N4O5/c1-2-33-24(32)19-7-8-20(25-15-19)26-11-13-27(14-12-26)23(31)18-5-3-17(4-6-18)16-28-21(29)9-10-22(28)30/h3-8,15H,2,9-14,16H2,1H3. The molecule has 33 heavy (non-hydrogen) atoms. The van der Waals surface area contributed by atoms with Crippen LogP contribution in [0.1, 0.15) is 46.0 Å². The van der Waals surface area contributed by atoms with Crippen LogP contribution >= 0.6 is 0 Å². The largest absolute Gasteiger partial charge is 0.462 e. The second-order valence-corrected chi connectivity index (χ2v) is 7.98. The van der Waals surface area contributed by atoms with Crippen molar-refractivity contribution in [1.82, 2.24) is 14.8 Å². The van der Waals surface area contributed by atoms with E-state index in [0.29, 0.717) is 43.9 Å². The number of likely N-dealkylation sites (tertiary alicyclic amines) is 1. The van der Waals surface area contributed by atoms with E-state index in [1.54, 1.807) is 48.2 Å². The van der Waals surface area contributed by atoms with Gasteiger partial charge in [0.25, 0.3) is 5.91 Å². The Bertz CT molecular complexity index is 1030. The number of imide groups is 1. The molecule has 1 aromatic carbocycles. The van der Waals surface area contributed by atoms with Gasteiger partial charge in [-0.1, -0.05) is 12.1 Å². The molecule has 0 unspecified atom stereocenters. The maximum atomic E-state index is 12.9. The van der Waals surface area contributed by atoms with Crippen LogP contribution in [0.3, 0.4) is 0 Å². The first-order chi connectivity index (χ1) is 16.0. The molecule has 0 atom stereocenters. The molecule has 9 nitrogen and oxygen atoms in total. The Balaban J connectivity index is 1.31. The highest BCUT2D eigenvalue weighted by Gasteiger charge is 2.29. The molecular formula is C24H26N4O5. The van der Waals surface area contributed by atoms with E-state index in [-0.39, 0.29) is 37.1 Å². The molecule has 2 aromatic rings. The molecule has 2 aliphatic heterocycles. The Morgan fingerprint density at radius 2 is 1.55 bits per heavy atom. The lowest BCUT2D eigenvalue weighted by Gasteiger charge is -2.35. The minimum absolute atomic E-state index is 0.0554. The molecule has 9 heteroatoms. The Morgan fingerprint density at radius 3 is 2.12 bits per heavy atom. The van der Waals surface area contributed by atoms with Crippen molar-refractivity contribution in [2.75, 3.05) is 37.7 Å². The third-order valence-electron chi connectivity index (χ3n) is 5.85. The number of ether oxygens (including phenoxy) is 1. The van der Waals surface area contributed by atoms with Crippen molar-refractivity contribution in [3.8, 4) is 0 Å². The molecule has 172 valence electrons. The molecule has 3 amide bonds. The van der Waals surface area contributed by atoms with Crippen LogP contribution < -0.4 is 4.90 Å². The summed E-state index contributed by atoms with van der Waals surface area (Å²) in [6.45, 7) is 4.69. The Morgan fingerprint density at radius 1 is 0.909 bits per heavy atom. The van der Waals surface area contributed by atoms with Crippen molar-refractivity contribution >= 4 is 29.5 Å². The van der Waals surface area contributed by atoms with Crippen molar-refractivity contribution < 1.29 is 23.9 Å². The molecule has 1 aromatic heterocycles. The summed E-state index contributed by atoms with van der Waals surface area (Å²) < 4.78 is 4.98. The molecule has 2 aliphatic rings. The van der Waals surface area contributed by atoms with Crippen LogP contribution in [0, 0.1) is 0 Å². The van der Waals surface area contributed by atoms with Crippen LogP contribution in [0.15, 0.2) is 42.6 Å². The minimum Gasteiger partial charge on any atom is -0.462 e. The summed E-state index contributed by atoms with van der Waals surface area (Å²) in [6.07, 6.45) is 2.05. The van der Waals surface area contributed by atoms with E-state index in [2.05, 4.69) is 9.88 Å². The normalized spacial score (nSPS) is 16.3. The minimum atomic E-state index is -0.392. The summed E-state index contributed by atoms with van der Waals surface area (Å²) in [5, 5.41) is 0. The van der Waals surface area contributed by atoms with Gasteiger partial charge in [-0.2, -0.15) is 0 Å². The van der Waals surface area contributed by atoms with Gasteiger partial charge >= 0.3 is 5.97 Å². The zero-order valence-corrected chi connectivity index (χ0v) is 18.5. The molecule has 3 heterocycles. The molecular weight excluding hydrogens is 424 g/mol. The number of nitrogens with zero attached hydrogens (tertiary/aromatic N) is 4. The molecule has 0 N–H and O–H groups in total. The van der Waals surface area contributed by atoms with Crippen molar-refractivity contribution in [2.24, 2.45) is 0 Å². The molecule has 0 spiro atoms. The number of esters is 1. The van der Waals surface area contributed by atoms with Gasteiger partial charge in [0, 0.05) is 50.8 Å². The smallest absolute Gasteiger partial charge is 0.339 e. The predicted molar refractivity (Wildman–Crippen MR) is 120 cm³/mol. The zero-order chi connectivity index (χ0) is 23.4. The summed E-state index contributed by atoms with van der Waals surface area (Å²) in [5.74, 6) is 0.00774.